The van der Waals surface area contributed by atoms with E-state index >= 15 is 0 Å². The van der Waals surface area contributed by atoms with Crippen molar-refractivity contribution >= 4 is 9.84 Å². The largest absolute Gasteiger partial charge is 0.492 e. The zero-order valence-electron chi connectivity index (χ0n) is 11.5. The molecule has 0 aromatic heterocycles. The van der Waals surface area contributed by atoms with Crippen molar-refractivity contribution in [2.75, 3.05) is 12.4 Å². The maximum atomic E-state index is 12.0. The van der Waals surface area contributed by atoms with Gasteiger partial charge < -0.3 is 4.74 Å². The summed E-state index contributed by atoms with van der Waals surface area (Å²) in [5.74, 6) is 0.599. The van der Waals surface area contributed by atoms with Crippen molar-refractivity contribution in [3.63, 3.8) is 0 Å². The summed E-state index contributed by atoms with van der Waals surface area (Å²) in [7, 11) is -3.14. The Hall–Kier alpha value is -1.54. The number of benzene rings is 1. The molecule has 1 atom stereocenters. The van der Waals surface area contributed by atoms with Crippen LogP contribution in [0.15, 0.2) is 24.3 Å². The maximum Gasteiger partial charge on any atom is 0.156 e. The molecule has 1 aromatic rings. The highest BCUT2D eigenvalue weighted by Crippen LogP contribution is 2.15. The molecule has 4 nitrogen and oxygen atoms in total. The fourth-order valence-electron chi connectivity index (χ4n) is 1.53. The van der Waals surface area contributed by atoms with Gasteiger partial charge in [-0.15, -0.1) is 0 Å². The third-order valence-electron chi connectivity index (χ3n) is 3.11. The molecular formula is C14H19NO3S. The molecule has 0 radical (unpaired) electrons. The molecule has 1 rings (SSSR count). The summed E-state index contributed by atoms with van der Waals surface area (Å²) in [6.07, 6.45) is 0. The van der Waals surface area contributed by atoms with Gasteiger partial charge in [0.15, 0.2) is 9.84 Å². The predicted octanol–water partition coefficient (Wildman–Crippen LogP) is 2.40. The van der Waals surface area contributed by atoms with E-state index in [9.17, 15) is 8.42 Å². The predicted molar refractivity (Wildman–Crippen MR) is 74.7 cm³/mol. The van der Waals surface area contributed by atoms with Crippen LogP contribution in [-0.4, -0.2) is 26.0 Å². The zero-order chi connectivity index (χ0) is 14.5. The second kappa shape index (κ2) is 6.58. The minimum Gasteiger partial charge on any atom is -0.492 e. The van der Waals surface area contributed by atoms with E-state index in [1.54, 1.807) is 31.2 Å². The van der Waals surface area contributed by atoms with Gasteiger partial charge in [0.1, 0.15) is 12.4 Å². The van der Waals surface area contributed by atoms with Crippen molar-refractivity contribution in [3.8, 4) is 11.8 Å². The van der Waals surface area contributed by atoms with Crippen molar-refractivity contribution < 1.29 is 13.2 Å². The third kappa shape index (κ3) is 4.56. The Morgan fingerprint density at radius 3 is 2.58 bits per heavy atom. The van der Waals surface area contributed by atoms with Crippen LogP contribution >= 0.6 is 0 Å². The summed E-state index contributed by atoms with van der Waals surface area (Å²) < 4.78 is 29.3. The van der Waals surface area contributed by atoms with E-state index < -0.39 is 9.84 Å². The number of nitriles is 1. The smallest absolute Gasteiger partial charge is 0.156 e. The Morgan fingerprint density at radius 2 is 2.00 bits per heavy atom. The normalized spacial score (nSPS) is 13.0. The summed E-state index contributed by atoms with van der Waals surface area (Å²) in [6, 6.07) is 8.69. The highest BCUT2D eigenvalue weighted by Gasteiger charge is 2.23. The second-order valence-electron chi connectivity index (χ2n) is 4.80. The van der Waals surface area contributed by atoms with Crippen LogP contribution in [0.4, 0.5) is 0 Å². The Kier molecular flexibility index (Phi) is 5.37. The van der Waals surface area contributed by atoms with Crippen LogP contribution in [0.3, 0.4) is 0 Å². The molecular weight excluding hydrogens is 262 g/mol. The lowest BCUT2D eigenvalue weighted by Crippen LogP contribution is -2.28. The van der Waals surface area contributed by atoms with Crippen molar-refractivity contribution in [2.24, 2.45) is 5.92 Å². The van der Waals surface area contributed by atoms with Crippen LogP contribution in [0.5, 0.6) is 5.75 Å². The van der Waals surface area contributed by atoms with Crippen LogP contribution in [0.1, 0.15) is 26.3 Å². The molecule has 0 N–H and O–H groups in total. The number of hydrogen-bond acceptors (Lipinski definition) is 4. The molecule has 0 saturated carbocycles. The number of sulfone groups is 1. The van der Waals surface area contributed by atoms with Gasteiger partial charge in [0, 0.05) is 0 Å². The van der Waals surface area contributed by atoms with Gasteiger partial charge in [-0.25, -0.2) is 8.42 Å². The average molecular weight is 281 g/mol. The molecule has 1 unspecified atom stereocenters. The minimum atomic E-state index is -3.14. The fourth-order valence-corrected chi connectivity index (χ4v) is 3.05. The van der Waals surface area contributed by atoms with Gasteiger partial charge in [-0.2, -0.15) is 5.26 Å². The van der Waals surface area contributed by atoms with Gasteiger partial charge in [0.25, 0.3) is 0 Å². The molecule has 0 saturated heterocycles. The highest BCUT2D eigenvalue weighted by molar-refractivity contribution is 7.92. The molecule has 0 heterocycles. The van der Waals surface area contributed by atoms with E-state index in [1.165, 1.54) is 0 Å². The minimum absolute atomic E-state index is 0.0108. The van der Waals surface area contributed by atoms with E-state index in [0.29, 0.717) is 11.3 Å². The summed E-state index contributed by atoms with van der Waals surface area (Å²) in [4.78, 5) is 0. The lowest BCUT2D eigenvalue weighted by atomic mass is 10.2. The molecule has 19 heavy (non-hydrogen) atoms. The van der Waals surface area contributed by atoms with Crippen molar-refractivity contribution in [1.82, 2.24) is 0 Å². The lowest BCUT2D eigenvalue weighted by molar-refractivity contribution is 0.340. The summed E-state index contributed by atoms with van der Waals surface area (Å²) >= 11 is 0. The number of rotatable bonds is 6. The zero-order valence-corrected chi connectivity index (χ0v) is 12.3. The van der Waals surface area contributed by atoms with E-state index in [4.69, 9.17) is 10.00 Å². The quantitative estimate of drug-likeness (QED) is 0.803. The van der Waals surface area contributed by atoms with Crippen molar-refractivity contribution in [3.05, 3.63) is 29.8 Å². The summed E-state index contributed by atoms with van der Waals surface area (Å²) in [5, 5.41) is 8.38. The SMILES string of the molecule is CC(C)C(C)S(=O)(=O)CCOc1cccc(C#N)c1. The van der Waals surface area contributed by atoms with E-state index in [0.717, 1.165) is 0 Å². The Labute approximate surface area is 114 Å². The van der Waals surface area contributed by atoms with Gasteiger partial charge in [0.2, 0.25) is 0 Å². The maximum absolute atomic E-state index is 12.0. The first-order valence-electron chi connectivity index (χ1n) is 6.21. The Morgan fingerprint density at radius 1 is 1.32 bits per heavy atom. The molecule has 0 aliphatic carbocycles. The molecule has 104 valence electrons. The molecule has 0 aliphatic rings. The molecule has 1 aromatic carbocycles. The van der Waals surface area contributed by atoms with Gasteiger partial charge in [-0.1, -0.05) is 19.9 Å². The van der Waals surface area contributed by atoms with Crippen LogP contribution < -0.4 is 4.74 Å². The topological polar surface area (TPSA) is 67.2 Å². The number of hydrogen-bond donors (Lipinski definition) is 0. The molecule has 0 spiro atoms. The first kappa shape index (κ1) is 15.5. The second-order valence-corrected chi connectivity index (χ2v) is 7.28. The van der Waals surface area contributed by atoms with E-state index in [-0.39, 0.29) is 23.5 Å². The average Bonchev–Trinajstić information content (AvgIpc) is 2.37. The highest BCUT2D eigenvalue weighted by atomic mass is 32.2. The Bertz CT molecular complexity index is 558. The third-order valence-corrected chi connectivity index (χ3v) is 5.52. The summed E-state index contributed by atoms with van der Waals surface area (Å²) in [6.45, 7) is 5.60. The van der Waals surface area contributed by atoms with Crippen molar-refractivity contribution in [1.29, 1.82) is 5.26 Å². The van der Waals surface area contributed by atoms with Crippen LogP contribution in [0, 0.1) is 17.2 Å². The van der Waals surface area contributed by atoms with Gasteiger partial charge in [-0.3, -0.25) is 0 Å². The number of ether oxygens (including phenoxy) is 1. The van der Waals surface area contributed by atoms with E-state index in [1.807, 2.05) is 19.9 Å². The van der Waals surface area contributed by atoms with Gasteiger partial charge >= 0.3 is 0 Å². The lowest BCUT2D eigenvalue weighted by Gasteiger charge is -2.16. The molecule has 0 bridgehead atoms. The molecule has 0 amide bonds. The van der Waals surface area contributed by atoms with Crippen LogP contribution in [-0.2, 0) is 9.84 Å². The Balaban J connectivity index is 2.57. The fraction of sp³-hybridized carbons (Fsp3) is 0.500. The van der Waals surface area contributed by atoms with Gasteiger partial charge in [-0.05, 0) is 31.0 Å². The monoisotopic (exact) mass is 281 g/mol. The van der Waals surface area contributed by atoms with Gasteiger partial charge in [0.05, 0.1) is 22.6 Å². The van der Waals surface area contributed by atoms with E-state index in [2.05, 4.69) is 0 Å². The van der Waals surface area contributed by atoms with Crippen LogP contribution in [0.25, 0.3) is 0 Å². The van der Waals surface area contributed by atoms with Crippen molar-refractivity contribution in [2.45, 2.75) is 26.0 Å². The van der Waals surface area contributed by atoms with Crippen LogP contribution in [0.2, 0.25) is 0 Å². The molecule has 5 heteroatoms. The standard InChI is InChI=1S/C14H19NO3S/c1-11(2)12(3)19(16,17)8-7-18-14-6-4-5-13(9-14)10-15/h4-6,9,11-12H,7-8H2,1-3H3. The summed E-state index contributed by atoms with van der Waals surface area (Å²) in [5.41, 5.74) is 0.496. The first-order valence-corrected chi connectivity index (χ1v) is 7.93. The molecule has 0 aliphatic heterocycles. The number of nitrogens with zero attached hydrogens (tertiary/aromatic N) is 1. The first-order chi connectivity index (χ1) is 8.86. The molecule has 0 fully saturated rings.